The van der Waals surface area contributed by atoms with Gasteiger partial charge < -0.3 is 9.30 Å². The second-order valence-corrected chi connectivity index (χ2v) is 5.48. The smallest absolute Gasteiger partial charge is 0.141 e. The first-order valence-electron chi connectivity index (χ1n) is 7.38. The number of nitriles is 1. The Kier molecular flexibility index (Phi) is 4.03. The molecule has 1 aliphatic rings. The van der Waals surface area contributed by atoms with E-state index in [1.54, 1.807) is 7.11 Å². The van der Waals surface area contributed by atoms with Gasteiger partial charge in [-0.2, -0.15) is 5.26 Å². The lowest BCUT2D eigenvalue weighted by atomic mass is 9.92. The molecule has 3 rings (SSSR count). The highest BCUT2D eigenvalue weighted by Gasteiger charge is 2.24. The Morgan fingerprint density at radius 2 is 2.00 bits per heavy atom. The normalized spacial score (nSPS) is 21.9. The van der Waals surface area contributed by atoms with E-state index < -0.39 is 0 Å². The highest BCUT2D eigenvalue weighted by atomic mass is 16.5. The van der Waals surface area contributed by atoms with E-state index in [-0.39, 0.29) is 0 Å². The molecule has 4 heteroatoms. The summed E-state index contributed by atoms with van der Waals surface area (Å²) >= 11 is 0. The highest BCUT2D eigenvalue weighted by molar-refractivity contribution is 5.64. The fraction of sp³-hybridized carbons (Fsp3) is 0.412. The molecule has 2 aromatic rings. The van der Waals surface area contributed by atoms with Crippen LogP contribution in [-0.4, -0.2) is 22.8 Å². The fourth-order valence-electron chi connectivity index (χ4n) is 3.15. The number of methoxy groups -OCH3 is 1. The standard InChI is InChI=1S/C17H19N3O/c1-21-15-8-6-14(7-9-15)20-11-10-19-17(20)16-5-3-2-4-13(16)12-18/h2-5,10-11,14-15H,6-9H2,1H3. The molecule has 1 aromatic heterocycles. The number of hydrogen-bond donors (Lipinski definition) is 0. The molecule has 0 amide bonds. The van der Waals surface area contributed by atoms with E-state index in [9.17, 15) is 5.26 Å². The van der Waals surface area contributed by atoms with Gasteiger partial charge in [0.2, 0.25) is 0 Å². The molecule has 0 saturated heterocycles. The van der Waals surface area contributed by atoms with Gasteiger partial charge in [-0.05, 0) is 37.8 Å². The molecule has 0 atom stereocenters. The summed E-state index contributed by atoms with van der Waals surface area (Å²) in [5.41, 5.74) is 1.59. The van der Waals surface area contributed by atoms with Crippen LogP contribution < -0.4 is 0 Å². The monoisotopic (exact) mass is 281 g/mol. The van der Waals surface area contributed by atoms with Crippen molar-refractivity contribution in [1.82, 2.24) is 9.55 Å². The van der Waals surface area contributed by atoms with E-state index in [0.717, 1.165) is 37.1 Å². The van der Waals surface area contributed by atoms with Crippen LogP contribution in [0.5, 0.6) is 0 Å². The fourth-order valence-corrected chi connectivity index (χ4v) is 3.15. The summed E-state index contributed by atoms with van der Waals surface area (Å²) in [6.07, 6.45) is 8.59. The topological polar surface area (TPSA) is 50.8 Å². The Balaban J connectivity index is 1.90. The van der Waals surface area contributed by atoms with Crippen molar-refractivity contribution in [2.75, 3.05) is 7.11 Å². The molecule has 1 aliphatic carbocycles. The van der Waals surface area contributed by atoms with Crippen molar-refractivity contribution in [3.63, 3.8) is 0 Å². The Morgan fingerprint density at radius 3 is 2.71 bits per heavy atom. The summed E-state index contributed by atoms with van der Waals surface area (Å²) in [4.78, 5) is 4.49. The minimum absolute atomic E-state index is 0.389. The zero-order chi connectivity index (χ0) is 14.7. The van der Waals surface area contributed by atoms with E-state index >= 15 is 0 Å². The number of benzene rings is 1. The summed E-state index contributed by atoms with van der Waals surface area (Å²) in [5.74, 6) is 0.896. The van der Waals surface area contributed by atoms with Gasteiger partial charge in [0.05, 0.1) is 17.7 Å². The zero-order valence-electron chi connectivity index (χ0n) is 12.2. The summed E-state index contributed by atoms with van der Waals surface area (Å²) in [5, 5.41) is 9.28. The molecule has 0 bridgehead atoms. The molecule has 0 spiro atoms. The predicted octanol–water partition coefficient (Wildman–Crippen LogP) is 3.55. The van der Waals surface area contributed by atoms with Crippen LogP contribution in [0.2, 0.25) is 0 Å². The lowest BCUT2D eigenvalue weighted by Crippen LogP contribution is -2.22. The molecule has 0 N–H and O–H groups in total. The number of nitrogens with zero attached hydrogens (tertiary/aromatic N) is 3. The van der Waals surface area contributed by atoms with Crippen molar-refractivity contribution in [2.45, 2.75) is 37.8 Å². The number of hydrogen-bond acceptors (Lipinski definition) is 3. The number of imidazole rings is 1. The average Bonchev–Trinajstić information content (AvgIpc) is 3.04. The SMILES string of the molecule is COC1CCC(n2ccnc2-c2ccccc2C#N)CC1. The van der Waals surface area contributed by atoms with Crippen molar-refractivity contribution >= 4 is 0 Å². The van der Waals surface area contributed by atoms with Crippen molar-refractivity contribution in [3.05, 3.63) is 42.2 Å². The van der Waals surface area contributed by atoms with E-state index in [4.69, 9.17) is 4.74 Å². The van der Waals surface area contributed by atoms with Gasteiger partial charge in [0.1, 0.15) is 5.82 Å². The number of rotatable bonds is 3. The molecule has 1 saturated carbocycles. The van der Waals surface area contributed by atoms with Crippen LogP contribution in [0.4, 0.5) is 0 Å². The average molecular weight is 281 g/mol. The molecule has 4 nitrogen and oxygen atoms in total. The minimum atomic E-state index is 0.389. The van der Waals surface area contributed by atoms with Crippen LogP contribution in [0.15, 0.2) is 36.7 Å². The molecule has 0 radical (unpaired) electrons. The van der Waals surface area contributed by atoms with Crippen LogP contribution in [0.1, 0.15) is 37.3 Å². The Hall–Kier alpha value is -2.12. The zero-order valence-corrected chi connectivity index (χ0v) is 12.2. The van der Waals surface area contributed by atoms with Gasteiger partial charge in [0.15, 0.2) is 0 Å². The van der Waals surface area contributed by atoms with Crippen molar-refractivity contribution in [1.29, 1.82) is 5.26 Å². The van der Waals surface area contributed by atoms with Crippen LogP contribution in [0, 0.1) is 11.3 Å². The summed E-state index contributed by atoms with van der Waals surface area (Å²) in [6.45, 7) is 0. The molecule has 0 aliphatic heterocycles. The van der Waals surface area contributed by atoms with E-state index in [1.807, 2.05) is 36.7 Å². The maximum Gasteiger partial charge on any atom is 0.141 e. The first-order valence-corrected chi connectivity index (χ1v) is 7.38. The Labute approximate surface area is 125 Å². The van der Waals surface area contributed by atoms with Crippen LogP contribution in [0.25, 0.3) is 11.4 Å². The molecular formula is C17H19N3O. The molecule has 1 aromatic carbocycles. The van der Waals surface area contributed by atoms with Gasteiger partial charge in [-0.1, -0.05) is 12.1 Å². The molecule has 21 heavy (non-hydrogen) atoms. The summed E-state index contributed by atoms with van der Waals surface area (Å²) in [6, 6.07) is 10.4. The Bertz CT molecular complexity index is 648. The lowest BCUT2D eigenvalue weighted by molar-refractivity contribution is 0.0586. The van der Waals surface area contributed by atoms with Gasteiger partial charge in [-0.15, -0.1) is 0 Å². The molecule has 0 unspecified atom stereocenters. The van der Waals surface area contributed by atoms with E-state index in [0.29, 0.717) is 17.7 Å². The molecular weight excluding hydrogens is 262 g/mol. The van der Waals surface area contributed by atoms with E-state index in [2.05, 4.69) is 15.6 Å². The van der Waals surface area contributed by atoms with Gasteiger partial charge in [0.25, 0.3) is 0 Å². The summed E-state index contributed by atoms with van der Waals surface area (Å²) in [7, 11) is 1.79. The van der Waals surface area contributed by atoms with Crippen molar-refractivity contribution < 1.29 is 4.74 Å². The third-order valence-electron chi connectivity index (χ3n) is 4.33. The van der Waals surface area contributed by atoms with Gasteiger partial charge in [-0.3, -0.25) is 0 Å². The van der Waals surface area contributed by atoms with Gasteiger partial charge >= 0.3 is 0 Å². The van der Waals surface area contributed by atoms with Crippen LogP contribution in [0.3, 0.4) is 0 Å². The maximum atomic E-state index is 9.28. The molecule has 1 heterocycles. The Morgan fingerprint density at radius 1 is 1.24 bits per heavy atom. The quantitative estimate of drug-likeness (QED) is 0.864. The molecule has 108 valence electrons. The number of ether oxygens (including phenoxy) is 1. The van der Waals surface area contributed by atoms with E-state index in [1.165, 1.54) is 0 Å². The largest absolute Gasteiger partial charge is 0.381 e. The minimum Gasteiger partial charge on any atom is -0.381 e. The number of aromatic nitrogens is 2. The second kappa shape index (κ2) is 6.11. The highest BCUT2D eigenvalue weighted by Crippen LogP contribution is 2.33. The van der Waals surface area contributed by atoms with Crippen LogP contribution >= 0.6 is 0 Å². The summed E-state index contributed by atoms with van der Waals surface area (Å²) < 4.78 is 7.66. The first kappa shape index (κ1) is 13.8. The van der Waals surface area contributed by atoms with Crippen molar-refractivity contribution in [3.8, 4) is 17.5 Å². The second-order valence-electron chi connectivity index (χ2n) is 5.48. The third-order valence-corrected chi connectivity index (χ3v) is 4.33. The maximum absolute atomic E-state index is 9.28. The predicted molar refractivity (Wildman–Crippen MR) is 80.7 cm³/mol. The first-order chi connectivity index (χ1) is 10.3. The third kappa shape index (κ3) is 2.70. The van der Waals surface area contributed by atoms with Crippen molar-refractivity contribution in [2.24, 2.45) is 0 Å². The molecule has 1 fully saturated rings. The van der Waals surface area contributed by atoms with Crippen LogP contribution in [-0.2, 0) is 4.74 Å². The van der Waals surface area contributed by atoms with Gasteiger partial charge in [0, 0.05) is 31.1 Å². The lowest BCUT2D eigenvalue weighted by Gasteiger charge is -2.29. The van der Waals surface area contributed by atoms with Gasteiger partial charge in [-0.25, -0.2) is 4.98 Å².